The number of allylic oxidation sites excluding steroid dienone is 2. The molecule has 13 heteroatoms. The van der Waals surface area contributed by atoms with Gasteiger partial charge in [-0.1, -0.05) is 0 Å². The lowest BCUT2D eigenvalue weighted by atomic mass is 10.1. The van der Waals surface area contributed by atoms with E-state index in [1.807, 2.05) is 0 Å². The van der Waals surface area contributed by atoms with Crippen LogP contribution in [0, 0.1) is 0 Å². The van der Waals surface area contributed by atoms with E-state index in [2.05, 4.69) is 25.3 Å². The number of nitrogens with one attached hydrogen (secondary N) is 2. The number of amides is 2. The molecule has 0 aliphatic carbocycles. The molecule has 0 bridgehead atoms. The zero-order valence-corrected chi connectivity index (χ0v) is 17.7. The molecular formula is C20H21F3N6O4. The second-order valence-electron chi connectivity index (χ2n) is 7.05. The Morgan fingerprint density at radius 1 is 1.39 bits per heavy atom. The maximum absolute atomic E-state index is 12.9. The summed E-state index contributed by atoms with van der Waals surface area (Å²) in [4.78, 5) is 34.5. The van der Waals surface area contributed by atoms with Crippen molar-refractivity contribution in [3.8, 4) is 0 Å². The van der Waals surface area contributed by atoms with Gasteiger partial charge in [0.25, 0.3) is 11.8 Å². The Morgan fingerprint density at radius 3 is 2.79 bits per heavy atom. The first-order valence-corrected chi connectivity index (χ1v) is 9.60. The third-order valence-electron chi connectivity index (χ3n) is 4.67. The molecule has 0 saturated heterocycles. The van der Waals surface area contributed by atoms with Crippen LogP contribution in [0.15, 0.2) is 52.6 Å². The van der Waals surface area contributed by atoms with Crippen LogP contribution in [0.1, 0.15) is 33.3 Å². The van der Waals surface area contributed by atoms with Gasteiger partial charge in [-0.2, -0.15) is 13.2 Å². The Hall–Kier alpha value is -4.03. The van der Waals surface area contributed by atoms with Gasteiger partial charge in [0.1, 0.15) is 12.1 Å². The number of hydrogen-bond donors (Lipinski definition) is 3. The summed E-state index contributed by atoms with van der Waals surface area (Å²) in [6, 6.07) is 1.54. The molecule has 0 unspecified atom stereocenters. The molecule has 176 valence electrons. The lowest BCUT2D eigenvalue weighted by molar-refractivity contribution is -0.165. The van der Waals surface area contributed by atoms with Crippen LogP contribution in [0.3, 0.4) is 0 Å². The van der Waals surface area contributed by atoms with Gasteiger partial charge in [0.2, 0.25) is 0 Å². The summed E-state index contributed by atoms with van der Waals surface area (Å²) in [5.41, 5.74) is 7.30. The first-order valence-electron chi connectivity index (χ1n) is 9.60. The van der Waals surface area contributed by atoms with Crippen molar-refractivity contribution in [2.45, 2.75) is 19.6 Å². The molecule has 0 radical (unpaired) electrons. The predicted molar refractivity (Wildman–Crippen MR) is 109 cm³/mol. The smallest absolute Gasteiger partial charge is 0.422 e. The van der Waals surface area contributed by atoms with E-state index in [1.165, 1.54) is 30.4 Å². The topological polar surface area (TPSA) is 136 Å². The van der Waals surface area contributed by atoms with Crippen molar-refractivity contribution in [1.29, 1.82) is 0 Å². The minimum atomic E-state index is -4.51. The molecule has 0 atom stereocenters. The fraction of sp³-hybridized carbons (Fsp3) is 0.300. The number of aromatic nitrogens is 2. The van der Waals surface area contributed by atoms with E-state index < -0.39 is 18.7 Å². The first kappa shape index (κ1) is 23.6. The molecule has 0 aromatic carbocycles. The Morgan fingerprint density at radius 2 is 2.15 bits per heavy atom. The van der Waals surface area contributed by atoms with Crippen molar-refractivity contribution in [3.63, 3.8) is 0 Å². The van der Waals surface area contributed by atoms with Gasteiger partial charge in [-0.05, 0) is 19.1 Å². The maximum Gasteiger partial charge on any atom is 0.422 e. The van der Waals surface area contributed by atoms with Gasteiger partial charge in [-0.3, -0.25) is 9.59 Å². The fourth-order valence-corrected chi connectivity index (χ4v) is 3.03. The highest BCUT2D eigenvalue weighted by Crippen LogP contribution is 2.28. The van der Waals surface area contributed by atoms with Crippen molar-refractivity contribution in [1.82, 2.24) is 20.2 Å². The highest BCUT2D eigenvalue weighted by Gasteiger charge is 2.31. The molecule has 2 amide bonds. The summed E-state index contributed by atoms with van der Waals surface area (Å²) in [5, 5.41) is 5.51. The number of likely N-dealkylation sites (N-methyl/N-ethyl adjacent to an activating group) is 1. The highest BCUT2D eigenvalue weighted by molar-refractivity contribution is 6.05. The van der Waals surface area contributed by atoms with Gasteiger partial charge in [-0.15, -0.1) is 0 Å². The molecule has 3 rings (SSSR count). The molecule has 0 spiro atoms. The minimum Gasteiger partial charge on any atom is -0.470 e. The van der Waals surface area contributed by atoms with Gasteiger partial charge in [0.15, 0.2) is 24.6 Å². The first-order chi connectivity index (χ1) is 15.6. The van der Waals surface area contributed by atoms with Crippen molar-refractivity contribution in [3.05, 3.63) is 65.0 Å². The largest absolute Gasteiger partial charge is 0.470 e. The van der Waals surface area contributed by atoms with E-state index in [0.717, 1.165) is 6.39 Å². The predicted octanol–water partition coefficient (Wildman–Crippen LogP) is 2.15. The average molecular weight is 466 g/mol. The van der Waals surface area contributed by atoms with Crippen LogP contribution in [0.2, 0.25) is 0 Å². The standard InChI is InChI=1S/C20H21F3N6O4/c1-11(16(24)33-9-20(21,22)23)5-12(25-2)6-29-7-14-13(19(29)31)3-4-26-17(14)28-18(30)15-8-32-10-27-15/h3-5,8,10,25H,6-7,9,24H2,1-2H3,(H,26,28,30)/b12-5-,16-11+. The number of alkyl halides is 3. The van der Waals surface area contributed by atoms with E-state index in [1.54, 1.807) is 13.1 Å². The second-order valence-corrected chi connectivity index (χ2v) is 7.05. The third kappa shape index (κ3) is 5.81. The number of nitrogens with zero attached hydrogens (tertiary/aromatic N) is 3. The Bertz CT molecular complexity index is 1100. The van der Waals surface area contributed by atoms with E-state index >= 15 is 0 Å². The highest BCUT2D eigenvalue weighted by atomic mass is 19.4. The number of pyridine rings is 1. The van der Waals surface area contributed by atoms with Gasteiger partial charge in [-0.25, -0.2) is 9.97 Å². The average Bonchev–Trinajstić information content (AvgIpc) is 3.41. The number of rotatable bonds is 8. The van der Waals surface area contributed by atoms with E-state index in [4.69, 9.17) is 10.2 Å². The van der Waals surface area contributed by atoms with Crippen molar-refractivity contribution >= 4 is 17.6 Å². The van der Waals surface area contributed by atoms with Crippen molar-refractivity contribution in [2.24, 2.45) is 5.73 Å². The summed E-state index contributed by atoms with van der Waals surface area (Å²) >= 11 is 0. The quantitative estimate of drug-likeness (QED) is 0.398. The number of carbonyl (C=O) groups is 2. The number of hydrogen-bond acceptors (Lipinski definition) is 8. The summed E-state index contributed by atoms with van der Waals surface area (Å²) in [6.07, 6.45) is 0.682. The van der Waals surface area contributed by atoms with Crippen LogP contribution in [-0.2, 0) is 11.3 Å². The Kier molecular flexibility index (Phi) is 6.89. The molecule has 4 N–H and O–H groups in total. The van der Waals surface area contributed by atoms with E-state index in [9.17, 15) is 22.8 Å². The van der Waals surface area contributed by atoms with Crippen LogP contribution < -0.4 is 16.4 Å². The van der Waals surface area contributed by atoms with Gasteiger partial charge < -0.3 is 30.4 Å². The molecule has 2 aromatic rings. The van der Waals surface area contributed by atoms with Gasteiger partial charge >= 0.3 is 6.18 Å². The zero-order chi connectivity index (χ0) is 24.2. The number of nitrogens with two attached hydrogens (primary N) is 1. The van der Waals surface area contributed by atoms with Crippen LogP contribution in [0.5, 0.6) is 0 Å². The lowest BCUT2D eigenvalue weighted by Gasteiger charge is -2.18. The number of oxazole rings is 1. The molecule has 3 heterocycles. The monoisotopic (exact) mass is 466 g/mol. The molecule has 33 heavy (non-hydrogen) atoms. The Labute approximate surface area is 186 Å². The number of ether oxygens (including phenoxy) is 1. The SMILES string of the molecule is CN/C(=C\C(C)=C(/N)OCC(F)(F)F)CN1Cc2c(ccnc2NC(=O)c2cocn2)C1=O. The van der Waals surface area contributed by atoms with Gasteiger partial charge in [0, 0.05) is 35.6 Å². The Balaban J connectivity index is 1.74. The van der Waals surface area contributed by atoms with Crippen LogP contribution in [0.4, 0.5) is 19.0 Å². The van der Waals surface area contributed by atoms with Crippen LogP contribution >= 0.6 is 0 Å². The van der Waals surface area contributed by atoms with E-state index in [0.29, 0.717) is 16.8 Å². The lowest BCUT2D eigenvalue weighted by Crippen LogP contribution is -2.30. The van der Waals surface area contributed by atoms with Crippen molar-refractivity contribution < 1.29 is 31.9 Å². The molecule has 0 saturated carbocycles. The zero-order valence-electron chi connectivity index (χ0n) is 17.7. The summed E-state index contributed by atoms with van der Waals surface area (Å²) < 4.78 is 46.3. The second kappa shape index (κ2) is 9.63. The summed E-state index contributed by atoms with van der Waals surface area (Å²) in [5.74, 6) is -1.000. The van der Waals surface area contributed by atoms with Crippen LogP contribution in [-0.4, -0.2) is 53.1 Å². The molecule has 2 aromatic heterocycles. The number of halogens is 3. The van der Waals surface area contributed by atoms with Crippen molar-refractivity contribution in [2.75, 3.05) is 25.5 Å². The van der Waals surface area contributed by atoms with E-state index in [-0.39, 0.29) is 42.0 Å². The number of fused-ring (bicyclic) bond motifs is 1. The maximum atomic E-state index is 12.9. The summed E-state index contributed by atoms with van der Waals surface area (Å²) in [7, 11) is 1.60. The van der Waals surface area contributed by atoms with Crippen LogP contribution in [0.25, 0.3) is 0 Å². The molecule has 1 aliphatic heterocycles. The number of anilines is 1. The molecule has 0 fully saturated rings. The summed E-state index contributed by atoms with van der Waals surface area (Å²) in [6.45, 7) is 0.239. The molecular weight excluding hydrogens is 445 g/mol. The molecule has 10 nitrogen and oxygen atoms in total. The molecule has 1 aliphatic rings. The van der Waals surface area contributed by atoms with Gasteiger partial charge in [0.05, 0.1) is 13.1 Å². The minimum absolute atomic E-state index is 0.0589. The third-order valence-corrected chi connectivity index (χ3v) is 4.67. The number of carbonyl (C=O) groups excluding carboxylic acids is 2. The normalized spacial score (nSPS) is 14.6. The fourth-order valence-electron chi connectivity index (χ4n) is 3.03.